The second-order valence-electron chi connectivity index (χ2n) is 6.62. The van der Waals surface area contributed by atoms with E-state index in [4.69, 9.17) is 4.42 Å². The summed E-state index contributed by atoms with van der Waals surface area (Å²) in [6.07, 6.45) is -0.773. The first-order chi connectivity index (χ1) is 10.8. The van der Waals surface area contributed by atoms with Crippen LogP contribution in [0.4, 0.5) is 13.2 Å². The minimum atomic E-state index is -4.45. The number of rotatable bonds is 5. The fourth-order valence-electron chi connectivity index (χ4n) is 2.79. The van der Waals surface area contributed by atoms with Crippen LogP contribution in [0.2, 0.25) is 0 Å². The number of hydrogen-bond acceptors (Lipinski definition) is 3. The van der Waals surface area contributed by atoms with Crippen molar-refractivity contribution in [3.63, 3.8) is 0 Å². The van der Waals surface area contributed by atoms with Crippen LogP contribution in [0.5, 0.6) is 0 Å². The summed E-state index contributed by atoms with van der Waals surface area (Å²) >= 11 is 0. The Bertz CT molecular complexity index is 687. The molecule has 1 aromatic heterocycles. The Hall–Kier alpha value is -1.56. The zero-order valence-corrected chi connectivity index (χ0v) is 13.3. The summed E-state index contributed by atoms with van der Waals surface area (Å²) in [5, 5.41) is 3.25. The van der Waals surface area contributed by atoms with Crippen LogP contribution in [-0.2, 0) is 12.7 Å². The molecule has 126 valence electrons. The van der Waals surface area contributed by atoms with Gasteiger partial charge in [0.25, 0.3) is 0 Å². The first-order valence-electron chi connectivity index (χ1n) is 8.06. The van der Waals surface area contributed by atoms with Crippen LogP contribution < -0.4 is 5.32 Å². The molecule has 1 saturated carbocycles. The van der Waals surface area contributed by atoms with Crippen LogP contribution in [0.3, 0.4) is 0 Å². The number of aromatic nitrogens is 1. The smallest absolute Gasteiger partial charge is 0.420 e. The molecule has 1 N–H and O–H groups in total. The summed E-state index contributed by atoms with van der Waals surface area (Å²) < 4.78 is 45.3. The molecule has 0 saturated heterocycles. The number of halogens is 3. The monoisotopic (exact) mass is 326 g/mol. The van der Waals surface area contributed by atoms with Crippen molar-refractivity contribution in [2.24, 2.45) is 5.92 Å². The van der Waals surface area contributed by atoms with E-state index in [1.165, 1.54) is 25.3 Å². The van der Waals surface area contributed by atoms with Crippen LogP contribution in [0, 0.1) is 5.92 Å². The van der Waals surface area contributed by atoms with Gasteiger partial charge in [0.1, 0.15) is 11.1 Å². The normalized spacial score (nSPS) is 16.3. The van der Waals surface area contributed by atoms with Crippen LogP contribution >= 0.6 is 0 Å². The standard InChI is InChI=1S/C17H21F3N2O/c1-10(2)16-22-14-7-12(9-21-8-11-4-3-5-11)6-13(15(14)23-16)17(18,19)20/h6-7,10-11,21H,3-5,8-9H2,1-2H3. The van der Waals surface area contributed by atoms with Gasteiger partial charge in [0, 0.05) is 12.5 Å². The van der Waals surface area contributed by atoms with Gasteiger partial charge >= 0.3 is 6.18 Å². The lowest BCUT2D eigenvalue weighted by Crippen LogP contribution is -2.27. The van der Waals surface area contributed by atoms with Gasteiger partial charge in [-0.15, -0.1) is 0 Å². The van der Waals surface area contributed by atoms with E-state index in [9.17, 15) is 13.2 Å². The number of oxazole rings is 1. The Balaban J connectivity index is 1.88. The molecule has 0 aliphatic heterocycles. The molecule has 0 spiro atoms. The highest BCUT2D eigenvalue weighted by molar-refractivity contribution is 5.78. The molecule has 0 bridgehead atoms. The molecule has 1 aromatic carbocycles. The molecule has 1 aliphatic rings. The molecule has 1 fully saturated rings. The lowest BCUT2D eigenvalue weighted by Gasteiger charge is -2.25. The molecule has 0 amide bonds. The quantitative estimate of drug-likeness (QED) is 0.853. The molecular weight excluding hydrogens is 305 g/mol. The van der Waals surface area contributed by atoms with Crippen molar-refractivity contribution in [1.29, 1.82) is 0 Å². The number of fused-ring (bicyclic) bond motifs is 1. The summed E-state index contributed by atoms with van der Waals surface area (Å²) in [6, 6.07) is 2.86. The van der Waals surface area contributed by atoms with Crippen LogP contribution in [0.25, 0.3) is 11.1 Å². The summed E-state index contributed by atoms with van der Waals surface area (Å²) in [7, 11) is 0. The maximum absolute atomic E-state index is 13.3. The van der Waals surface area contributed by atoms with E-state index in [1.54, 1.807) is 6.07 Å². The van der Waals surface area contributed by atoms with E-state index in [2.05, 4.69) is 10.3 Å². The topological polar surface area (TPSA) is 38.1 Å². The van der Waals surface area contributed by atoms with Gasteiger partial charge in [-0.05, 0) is 43.0 Å². The number of nitrogens with one attached hydrogen (secondary N) is 1. The van der Waals surface area contributed by atoms with E-state index in [0.29, 0.717) is 23.9 Å². The van der Waals surface area contributed by atoms with Gasteiger partial charge in [0.2, 0.25) is 0 Å². The zero-order valence-electron chi connectivity index (χ0n) is 13.3. The Morgan fingerprint density at radius 2 is 2.04 bits per heavy atom. The van der Waals surface area contributed by atoms with E-state index in [-0.39, 0.29) is 17.0 Å². The van der Waals surface area contributed by atoms with Gasteiger partial charge in [-0.25, -0.2) is 4.98 Å². The Kier molecular flexibility index (Phi) is 4.36. The van der Waals surface area contributed by atoms with Gasteiger partial charge in [0.05, 0.1) is 0 Å². The first-order valence-corrected chi connectivity index (χ1v) is 8.06. The van der Waals surface area contributed by atoms with Crippen LogP contribution in [0.1, 0.15) is 56.0 Å². The summed E-state index contributed by atoms with van der Waals surface area (Å²) in [6.45, 7) is 4.97. The minimum absolute atomic E-state index is 0.0522. The molecule has 0 atom stereocenters. The van der Waals surface area contributed by atoms with E-state index in [1.807, 2.05) is 13.8 Å². The molecule has 23 heavy (non-hydrogen) atoms. The number of nitrogens with zero attached hydrogens (tertiary/aromatic N) is 1. The van der Waals surface area contributed by atoms with Crippen molar-refractivity contribution in [3.8, 4) is 0 Å². The summed E-state index contributed by atoms with van der Waals surface area (Å²) in [5.74, 6) is 0.953. The van der Waals surface area contributed by atoms with Gasteiger partial charge < -0.3 is 9.73 Å². The zero-order chi connectivity index (χ0) is 16.6. The van der Waals surface area contributed by atoms with E-state index >= 15 is 0 Å². The van der Waals surface area contributed by atoms with Crippen molar-refractivity contribution in [1.82, 2.24) is 10.3 Å². The third-order valence-corrected chi connectivity index (χ3v) is 4.35. The third kappa shape index (κ3) is 3.52. The van der Waals surface area contributed by atoms with Gasteiger partial charge in [0.15, 0.2) is 11.5 Å². The van der Waals surface area contributed by atoms with Gasteiger partial charge in [-0.3, -0.25) is 0 Å². The highest BCUT2D eigenvalue weighted by Crippen LogP contribution is 2.37. The van der Waals surface area contributed by atoms with Crippen molar-refractivity contribution in [2.45, 2.75) is 51.7 Å². The predicted octanol–water partition coefficient (Wildman–Crippen LogP) is 4.86. The molecule has 3 nitrogen and oxygen atoms in total. The molecule has 1 aliphatic carbocycles. The van der Waals surface area contributed by atoms with Gasteiger partial charge in [-0.2, -0.15) is 13.2 Å². The maximum Gasteiger partial charge on any atom is 0.420 e. The van der Waals surface area contributed by atoms with E-state index < -0.39 is 11.7 Å². The molecule has 0 unspecified atom stereocenters. The molecule has 3 rings (SSSR count). The number of hydrogen-bond donors (Lipinski definition) is 1. The third-order valence-electron chi connectivity index (χ3n) is 4.35. The molecule has 2 aromatic rings. The van der Waals surface area contributed by atoms with Crippen molar-refractivity contribution < 1.29 is 17.6 Å². The first kappa shape index (κ1) is 16.3. The second kappa shape index (κ2) is 6.15. The van der Waals surface area contributed by atoms with E-state index in [0.717, 1.165) is 6.54 Å². The average molecular weight is 326 g/mol. The van der Waals surface area contributed by atoms with Crippen molar-refractivity contribution in [3.05, 3.63) is 29.2 Å². The molecule has 1 heterocycles. The van der Waals surface area contributed by atoms with Crippen molar-refractivity contribution in [2.75, 3.05) is 6.54 Å². The minimum Gasteiger partial charge on any atom is -0.440 e. The predicted molar refractivity (Wildman–Crippen MR) is 82.1 cm³/mol. The second-order valence-corrected chi connectivity index (χ2v) is 6.62. The van der Waals surface area contributed by atoms with Gasteiger partial charge in [-0.1, -0.05) is 20.3 Å². The van der Waals surface area contributed by atoms with Crippen LogP contribution in [0.15, 0.2) is 16.5 Å². The highest BCUT2D eigenvalue weighted by Gasteiger charge is 2.35. The Morgan fingerprint density at radius 1 is 1.30 bits per heavy atom. The Labute approximate surface area is 133 Å². The SMILES string of the molecule is CC(C)c1nc2cc(CNCC3CCC3)cc(C(F)(F)F)c2o1. The fraction of sp³-hybridized carbons (Fsp3) is 0.588. The Morgan fingerprint density at radius 3 is 2.61 bits per heavy atom. The van der Waals surface area contributed by atoms with Crippen molar-refractivity contribution >= 4 is 11.1 Å². The number of benzene rings is 1. The largest absolute Gasteiger partial charge is 0.440 e. The summed E-state index contributed by atoms with van der Waals surface area (Å²) in [4.78, 5) is 4.22. The average Bonchev–Trinajstić information content (AvgIpc) is 2.83. The molecular formula is C17H21F3N2O. The maximum atomic E-state index is 13.3. The summed E-state index contributed by atoms with van der Waals surface area (Å²) in [5.41, 5.74) is -0.0319. The fourth-order valence-corrected chi connectivity index (χ4v) is 2.79. The van der Waals surface area contributed by atoms with Crippen LogP contribution in [-0.4, -0.2) is 11.5 Å². The lowest BCUT2D eigenvalue weighted by molar-refractivity contribution is -0.136. The molecule has 0 radical (unpaired) electrons. The highest BCUT2D eigenvalue weighted by atomic mass is 19.4. The number of alkyl halides is 3. The lowest BCUT2D eigenvalue weighted by atomic mass is 9.85. The molecule has 6 heteroatoms.